The van der Waals surface area contributed by atoms with Gasteiger partial charge in [-0.2, -0.15) is 0 Å². The van der Waals surface area contributed by atoms with Crippen LogP contribution in [-0.4, -0.2) is 10.9 Å². The van der Waals surface area contributed by atoms with E-state index in [0.29, 0.717) is 5.69 Å². The maximum absolute atomic E-state index is 13.0. The van der Waals surface area contributed by atoms with Gasteiger partial charge in [0.2, 0.25) is 0 Å². The van der Waals surface area contributed by atoms with E-state index in [9.17, 15) is 4.79 Å². The molecule has 2 N–H and O–H groups in total. The largest absolute Gasteiger partial charge is 0.350 e. The summed E-state index contributed by atoms with van der Waals surface area (Å²) in [5.41, 5.74) is 5.90. The molecule has 0 radical (unpaired) electrons. The van der Waals surface area contributed by atoms with E-state index >= 15 is 0 Å². The first kappa shape index (κ1) is 14.1. The van der Waals surface area contributed by atoms with Gasteiger partial charge in [0.1, 0.15) is 5.69 Å². The Labute approximate surface area is 145 Å². The summed E-state index contributed by atoms with van der Waals surface area (Å²) in [4.78, 5) is 16.3. The molecule has 1 aromatic heterocycles. The zero-order valence-electron chi connectivity index (χ0n) is 13.5. The van der Waals surface area contributed by atoms with E-state index < -0.39 is 0 Å². The number of hydrogen-bond donors (Lipinski definition) is 2. The van der Waals surface area contributed by atoms with Crippen molar-refractivity contribution in [3.63, 3.8) is 0 Å². The second-order valence-electron chi connectivity index (χ2n) is 6.32. The molecule has 0 fully saturated rings. The highest BCUT2D eigenvalue weighted by molar-refractivity contribution is 6.11. The van der Waals surface area contributed by atoms with Gasteiger partial charge in [-0.3, -0.25) is 4.79 Å². The first-order chi connectivity index (χ1) is 12.3. The molecule has 1 aliphatic heterocycles. The summed E-state index contributed by atoms with van der Waals surface area (Å²) in [5, 5.41) is 4.28. The second-order valence-corrected chi connectivity index (χ2v) is 6.32. The summed E-state index contributed by atoms with van der Waals surface area (Å²) in [6, 6.07) is 26.3. The van der Waals surface area contributed by atoms with Crippen LogP contribution in [0.15, 0.2) is 78.9 Å². The topological polar surface area (TPSA) is 44.9 Å². The standard InChI is InChI=1S/C22H16N2O/c25-22-21-19(17-12-6-7-13-18(17)23-21)15-10-4-5-11-16(15)20(24-22)14-8-2-1-3-9-14/h1-13,20,23H,(H,24,25)/t20-/m1/s1. The van der Waals surface area contributed by atoms with Gasteiger partial charge in [0.15, 0.2) is 0 Å². The summed E-state index contributed by atoms with van der Waals surface area (Å²) in [7, 11) is 0. The summed E-state index contributed by atoms with van der Waals surface area (Å²) in [5.74, 6) is -0.0729. The van der Waals surface area contributed by atoms with Crippen molar-refractivity contribution in [2.24, 2.45) is 0 Å². The van der Waals surface area contributed by atoms with Crippen LogP contribution in [0, 0.1) is 0 Å². The highest BCUT2D eigenvalue weighted by atomic mass is 16.2. The van der Waals surface area contributed by atoms with E-state index in [1.165, 1.54) is 0 Å². The third-order valence-electron chi connectivity index (χ3n) is 4.88. The number of carbonyl (C=O) groups is 1. The minimum Gasteiger partial charge on any atom is -0.350 e. The van der Waals surface area contributed by atoms with Gasteiger partial charge in [-0.05, 0) is 22.8 Å². The maximum Gasteiger partial charge on any atom is 0.269 e. The van der Waals surface area contributed by atoms with Crippen molar-refractivity contribution in [2.45, 2.75) is 6.04 Å². The number of carbonyl (C=O) groups excluding carboxylic acids is 1. The fourth-order valence-electron chi connectivity index (χ4n) is 3.76. The first-order valence-corrected chi connectivity index (χ1v) is 8.39. The number of aromatic nitrogens is 1. The molecule has 120 valence electrons. The number of H-pyrrole nitrogens is 1. The van der Waals surface area contributed by atoms with Gasteiger partial charge in [-0.25, -0.2) is 0 Å². The van der Waals surface area contributed by atoms with Crippen molar-refractivity contribution >= 4 is 16.8 Å². The molecular formula is C22H16N2O. The molecule has 0 saturated heterocycles. The predicted octanol–water partition coefficient (Wildman–Crippen LogP) is 4.67. The van der Waals surface area contributed by atoms with Gasteiger partial charge in [0.05, 0.1) is 6.04 Å². The number of fused-ring (bicyclic) bond motifs is 5. The molecule has 1 atom stereocenters. The number of benzene rings is 3. The van der Waals surface area contributed by atoms with E-state index in [1.807, 2.05) is 48.5 Å². The predicted molar refractivity (Wildman–Crippen MR) is 99.5 cm³/mol. The zero-order valence-corrected chi connectivity index (χ0v) is 13.5. The van der Waals surface area contributed by atoms with Gasteiger partial charge in [-0.1, -0.05) is 72.8 Å². The molecule has 3 aromatic carbocycles. The van der Waals surface area contributed by atoms with Crippen LogP contribution in [0.2, 0.25) is 0 Å². The van der Waals surface area contributed by atoms with Crippen LogP contribution in [0.25, 0.3) is 22.0 Å². The Morgan fingerprint density at radius 1 is 0.760 bits per heavy atom. The van der Waals surface area contributed by atoms with Crippen molar-refractivity contribution in [2.75, 3.05) is 0 Å². The molecule has 0 unspecified atom stereocenters. The van der Waals surface area contributed by atoms with Crippen LogP contribution in [0.4, 0.5) is 0 Å². The number of rotatable bonds is 1. The molecule has 5 rings (SSSR count). The molecule has 25 heavy (non-hydrogen) atoms. The SMILES string of the molecule is O=C1N[C@H](c2ccccc2)c2ccccc2-c2c1[nH]c1ccccc21. The molecule has 1 aliphatic rings. The quantitative estimate of drug-likeness (QED) is 0.525. The van der Waals surface area contributed by atoms with E-state index in [4.69, 9.17) is 0 Å². The molecule has 3 nitrogen and oxygen atoms in total. The lowest BCUT2D eigenvalue weighted by atomic mass is 9.91. The normalized spacial score (nSPS) is 16.0. The zero-order chi connectivity index (χ0) is 16.8. The lowest BCUT2D eigenvalue weighted by Gasteiger charge is -2.19. The van der Waals surface area contributed by atoms with Crippen LogP contribution in [-0.2, 0) is 0 Å². The fourth-order valence-corrected chi connectivity index (χ4v) is 3.76. The summed E-state index contributed by atoms with van der Waals surface area (Å²) < 4.78 is 0. The van der Waals surface area contributed by atoms with Gasteiger partial charge in [0.25, 0.3) is 5.91 Å². The maximum atomic E-state index is 13.0. The highest BCUT2D eigenvalue weighted by Crippen LogP contribution is 2.40. The third kappa shape index (κ3) is 2.09. The minimum atomic E-state index is -0.163. The van der Waals surface area contributed by atoms with Crippen LogP contribution in [0.5, 0.6) is 0 Å². The average molecular weight is 324 g/mol. The van der Waals surface area contributed by atoms with Crippen molar-refractivity contribution < 1.29 is 4.79 Å². The molecule has 1 amide bonds. The molecule has 0 saturated carbocycles. The van der Waals surface area contributed by atoms with E-state index in [0.717, 1.165) is 33.2 Å². The van der Waals surface area contributed by atoms with Gasteiger partial charge >= 0.3 is 0 Å². The number of nitrogens with one attached hydrogen (secondary N) is 2. The van der Waals surface area contributed by atoms with Crippen LogP contribution in [0.1, 0.15) is 27.7 Å². The molecule has 0 spiro atoms. The Bertz CT molecular complexity index is 1100. The molecule has 2 heterocycles. The lowest BCUT2D eigenvalue weighted by Crippen LogP contribution is -2.28. The smallest absolute Gasteiger partial charge is 0.269 e. The molecule has 0 aliphatic carbocycles. The van der Waals surface area contributed by atoms with Crippen molar-refractivity contribution in [1.29, 1.82) is 0 Å². The van der Waals surface area contributed by atoms with E-state index in [1.54, 1.807) is 0 Å². The lowest BCUT2D eigenvalue weighted by molar-refractivity contribution is 0.0941. The number of hydrogen-bond acceptors (Lipinski definition) is 1. The van der Waals surface area contributed by atoms with Crippen LogP contribution in [0.3, 0.4) is 0 Å². The Balaban J connectivity index is 1.83. The number of para-hydroxylation sites is 1. The summed E-state index contributed by atoms with van der Waals surface area (Å²) in [6.07, 6.45) is 0. The average Bonchev–Trinajstić information content (AvgIpc) is 3.01. The van der Waals surface area contributed by atoms with E-state index in [-0.39, 0.29) is 11.9 Å². The highest BCUT2D eigenvalue weighted by Gasteiger charge is 2.29. The number of aromatic amines is 1. The van der Waals surface area contributed by atoms with Crippen molar-refractivity contribution in [3.05, 3.63) is 95.7 Å². The minimum absolute atomic E-state index is 0.0729. The van der Waals surface area contributed by atoms with E-state index in [2.05, 4.69) is 40.6 Å². The van der Waals surface area contributed by atoms with Gasteiger partial charge < -0.3 is 10.3 Å². The Hall–Kier alpha value is -3.33. The third-order valence-corrected chi connectivity index (χ3v) is 4.88. The number of amides is 1. The fraction of sp³-hybridized carbons (Fsp3) is 0.0455. The molecule has 3 heteroatoms. The molecule has 0 bridgehead atoms. The Morgan fingerprint density at radius 3 is 2.36 bits per heavy atom. The van der Waals surface area contributed by atoms with Crippen LogP contribution >= 0.6 is 0 Å². The Morgan fingerprint density at radius 2 is 1.48 bits per heavy atom. The molecule has 4 aromatic rings. The van der Waals surface area contributed by atoms with Gasteiger partial charge in [-0.15, -0.1) is 0 Å². The summed E-state index contributed by atoms with van der Waals surface area (Å²) in [6.45, 7) is 0. The van der Waals surface area contributed by atoms with Crippen molar-refractivity contribution in [1.82, 2.24) is 10.3 Å². The molecular weight excluding hydrogens is 308 g/mol. The monoisotopic (exact) mass is 324 g/mol. The summed E-state index contributed by atoms with van der Waals surface area (Å²) >= 11 is 0. The van der Waals surface area contributed by atoms with Gasteiger partial charge in [0, 0.05) is 16.5 Å². The van der Waals surface area contributed by atoms with Crippen LogP contribution < -0.4 is 5.32 Å². The Kier molecular flexibility index (Phi) is 3.01. The first-order valence-electron chi connectivity index (χ1n) is 8.39. The van der Waals surface area contributed by atoms with Crippen molar-refractivity contribution in [3.8, 4) is 11.1 Å². The second kappa shape index (κ2) is 5.35.